The van der Waals surface area contributed by atoms with Gasteiger partial charge in [0, 0.05) is 37.4 Å². The number of carbonyl (C=O) groups excluding carboxylic acids is 3. The lowest BCUT2D eigenvalue weighted by molar-refractivity contribution is -0.135. The van der Waals surface area contributed by atoms with Gasteiger partial charge in [-0.05, 0) is 45.1 Å². The summed E-state index contributed by atoms with van der Waals surface area (Å²) in [4.78, 5) is 43.4. The lowest BCUT2D eigenvalue weighted by Crippen LogP contribution is -2.45. The van der Waals surface area contributed by atoms with Crippen molar-refractivity contribution in [2.24, 2.45) is 11.7 Å². The summed E-state index contributed by atoms with van der Waals surface area (Å²) >= 11 is 0. The summed E-state index contributed by atoms with van der Waals surface area (Å²) in [6.45, 7) is 7.82. The second-order valence-corrected chi connectivity index (χ2v) is 8.95. The highest BCUT2D eigenvalue weighted by molar-refractivity contribution is 5.98. The number of piperidine rings is 1. The molecule has 3 rings (SSSR count). The number of likely N-dealkylation sites (tertiary alicyclic amines) is 1. The molecular weight excluding hydrogens is 420 g/mol. The molecule has 1 aliphatic rings. The molecule has 1 saturated heterocycles. The van der Waals surface area contributed by atoms with Crippen molar-refractivity contribution < 1.29 is 14.4 Å². The van der Waals surface area contributed by atoms with Crippen LogP contribution in [-0.2, 0) is 16.0 Å². The number of fused-ring (bicyclic) bond motifs is 1. The number of aryl methyl sites for hydroxylation is 2. The number of unbranched alkanes of at least 4 members (excludes halogenated alkanes) is 3. The number of nitrogens with two attached hydrogens (primary N) is 1. The van der Waals surface area contributed by atoms with Crippen LogP contribution in [0.25, 0.3) is 5.65 Å². The standard InChI is InChI=1S/C24H36N6O3/c1-4-5-6-7-12-26-24(33)18-9-8-13-29(15-18)21(31)11-10-19-16(2)28-23-20(22(25)32)14-27-30(23)17(19)3/h14,18H,4-13,15H2,1-3H3,(H2,25,32)(H,26,33). The number of amides is 3. The quantitative estimate of drug-likeness (QED) is 0.531. The molecule has 9 heteroatoms. The van der Waals surface area contributed by atoms with Crippen molar-refractivity contribution in [3.63, 3.8) is 0 Å². The predicted molar refractivity (Wildman–Crippen MR) is 126 cm³/mol. The van der Waals surface area contributed by atoms with E-state index in [1.165, 1.54) is 19.0 Å². The van der Waals surface area contributed by atoms with Gasteiger partial charge in [0.2, 0.25) is 11.8 Å². The van der Waals surface area contributed by atoms with Gasteiger partial charge < -0.3 is 16.0 Å². The number of rotatable bonds is 10. The number of primary amides is 1. The second kappa shape index (κ2) is 11.2. The van der Waals surface area contributed by atoms with Crippen LogP contribution < -0.4 is 11.1 Å². The highest BCUT2D eigenvalue weighted by atomic mass is 16.2. The van der Waals surface area contributed by atoms with Crippen molar-refractivity contribution >= 4 is 23.4 Å². The fourth-order valence-electron chi connectivity index (χ4n) is 4.56. The summed E-state index contributed by atoms with van der Waals surface area (Å²) in [5.41, 5.74) is 8.67. The van der Waals surface area contributed by atoms with Gasteiger partial charge in [0.15, 0.2) is 5.65 Å². The van der Waals surface area contributed by atoms with Gasteiger partial charge >= 0.3 is 0 Å². The normalized spacial score (nSPS) is 16.2. The third kappa shape index (κ3) is 5.89. The maximum absolute atomic E-state index is 12.9. The van der Waals surface area contributed by atoms with Crippen LogP contribution in [0.5, 0.6) is 0 Å². The van der Waals surface area contributed by atoms with Crippen LogP contribution in [-0.4, -0.2) is 56.9 Å². The van der Waals surface area contributed by atoms with Gasteiger partial charge in [-0.15, -0.1) is 0 Å². The Hall–Kier alpha value is -2.97. The van der Waals surface area contributed by atoms with Crippen LogP contribution in [0.1, 0.15) is 79.2 Å². The Morgan fingerprint density at radius 3 is 2.73 bits per heavy atom. The van der Waals surface area contributed by atoms with E-state index in [1.54, 1.807) is 4.52 Å². The molecule has 0 bridgehead atoms. The third-order valence-corrected chi connectivity index (χ3v) is 6.54. The molecule has 3 N–H and O–H groups in total. The highest BCUT2D eigenvalue weighted by Gasteiger charge is 2.28. The number of hydrogen-bond donors (Lipinski definition) is 2. The lowest BCUT2D eigenvalue weighted by atomic mass is 9.96. The Morgan fingerprint density at radius 1 is 1.21 bits per heavy atom. The van der Waals surface area contributed by atoms with Crippen LogP contribution in [0.4, 0.5) is 0 Å². The summed E-state index contributed by atoms with van der Waals surface area (Å²) in [6.07, 6.45) is 8.45. The van der Waals surface area contributed by atoms with E-state index in [0.29, 0.717) is 38.1 Å². The first kappa shape index (κ1) is 24.7. The topological polar surface area (TPSA) is 123 Å². The van der Waals surface area contributed by atoms with Gasteiger partial charge in [-0.1, -0.05) is 26.2 Å². The van der Waals surface area contributed by atoms with E-state index in [-0.39, 0.29) is 23.3 Å². The molecule has 33 heavy (non-hydrogen) atoms. The zero-order valence-electron chi connectivity index (χ0n) is 20.0. The first-order valence-electron chi connectivity index (χ1n) is 12.0. The maximum Gasteiger partial charge on any atom is 0.254 e. The van der Waals surface area contributed by atoms with E-state index in [0.717, 1.165) is 42.6 Å². The van der Waals surface area contributed by atoms with Gasteiger partial charge in [-0.2, -0.15) is 5.10 Å². The number of aromatic nitrogens is 3. The summed E-state index contributed by atoms with van der Waals surface area (Å²) in [6, 6.07) is 0. The lowest BCUT2D eigenvalue weighted by Gasteiger charge is -2.32. The molecule has 3 heterocycles. The maximum atomic E-state index is 12.9. The van der Waals surface area contributed by atoms with Gasteiger partial charge in [0.05, 0.1) is 12.1 Å². The first-order valence-corrected chi connectivity index (χ1v) is 12.0. The molecule has 9 nitrogen and oxygen atoms in total. The molecule has 0 spiro atoms. The first-order chi connectivity index (χ1) is 15.8. The van der Waals surface area contributed by atoms with E-state index in [1.807, 2.05) is 18.7 Å². The SMILES string of the molecule is CCCCCCNC(=O)C1CCCN(C(=O)CCc2c(C)nc3c(C(N)=O)cnn3c2C)C1. The van der Waals surface area contributed by atoms with Gasteiger partial charge in [0.1, 0.15) is 5.56 Å². The molecular formula is C24H36N6O3. The average Bonchev–Trinajstić information content (AvgIpc) is 3.22. The molecule has 1 aliphatic heterocycles. The molecule has 180 valence electrons. The molecule has 1 atom stereocenters. The molecule has 1 fully saturated rings. The summed E-state index contributed by atoms with van der Waals surface area (Å²) in [5.74, 6) is -0.586. The smallest absolute Gasteiger partial charge is 0.254 e. The van der Waals surface area contributed by atoms with Gasteiger partial charge in [-0.3, -0.25) is 14.4 Å². The monoisotopic (exact) mass is 456 g/mol. The van der Waals surface area contributed by atoms with Crippen molar-refractivity contribution in [3.8, 4) is 0 Å². The average molecular weight is 457 g/mol. The van der Waals surface area contributed by atoms with E-state index in [4.69, 9.17) is 5.73 Å². The van der Waals surface area contributed by atoms with Gasteiger partial charge in [0.25, 0.3) is 5.91 Å². The minimum absolute atomic E-state index is 0.0487. The van der Waals surface area contributed by atoms with Crippen molar-refractivity contribution in [2.45, 2.75) is 72.1 Å². The van der Waals surface area contributed by atoms with Crippen molar-refractivity contribution in [1.82, 2.24) is 24.8 Å². The zero-order valence-corrected chi connectivity index (χ0v) is 20.0. The Bertz CT molecular complexity index is 1020. The van der Waals surface area contributed by atoms with Crippen molar-refractivity contribution in [1.29, 1.82) is 0 Å². The second-order valence-electron chi connectivity index (χ2n) is 8.95. The van der Waals surface area contributed by atoms with Crippen molar-refractivity contribution in [2.75, 3.05) is 19.6 Å². The molecule has 2 aromatic heterocycles. The predicted octanol–water partition coefficient (Wildman–Crippen LogP) is 2.31. The fraction of sp³-hybridized carbons (Fsp3) is 0.625. The van der Waals surface area contributed by atoms with E-state index in [9.17, 15) is 14.4 Å². The summed E-state index contributed by atoms with van der Waals surface area (Å²) in [7, 11) is 0. The molecule has 3 amide bonds. The Kier molecular flexibility index (Phi) is 8.41. The van der Waals surface area contributed by atoms with Gasteiger partial charge in [-0.25, -0.2) is 9.50 Å². The number of nitrogens with one attached hydrogen (secondary N) is 1. The minimum atomic E-state index is -0.566. The third-order valence-electron chi connectivity index (χ3n) is 6.54. The summed E-state index contributed by atoms with van der Waals surface area (Å²) in [5, 5.41) is 7.28. The van der Waals surface area contributed by atoms with E-state index >= 15 is 0 Å². The van der Waals surface area contributed by atoms with Crippen LogP contribution in [0.15, 0.2) is 6.20 Å². The zero-order chi connectivity index (χ0) is 24.0. The van der Waals surface area contributed by atoms with Crippen LogP contribution >= 0.6 is 0 Å². The van der Waals surface area contributed by atoms with Crippen LogP contribution in [0, 0.1) is 19.8 Å². The Balaban J connectivity index is 1.57. The molecule has 0 aliphatic carbocycles. The molecule has 0 saturated carbocycles. The van der Waals surface area contributed by atoms with Crippen molar-refractivity contribution in [3.05, 3.63) is 28.7 Å². The van der Waals surface area contributed by atoms with E-state index < -0.39 is 5.91 Å². The molecule has 0 radical (unpaired) electrons. The van der Waals surface area contributed by atoms with Crippen LogP contribution in [0.2, 0.25) is 0 Å². The van der Waals surface area contributed by atoms with Crippen LogP contribution in [0.3, 0.4) is 0 Å². The minimum Gasteiger partial charge on any atom is -0.365 e. The molecule has 0 aromatic carbocycles. The summed E-state index contributed by atoms with van der Waals surface area (Å²) < 4.78 is 1.61. The highest BCUT2D eigenvalue weighted by Crippen LogP contribution is 2.21. The largest absolute Gasteiger partial charge is 0.365 e. The Labute approximate surface area is 195 Å². The number of nitrogens with zero attached hydrogens (tertiary/aromatic N) is 4. The fourth-order valence-corrected chi connectivity index (χ4v) is 4.56. The Morgan fingerprint density at radius 2 is 2.00 bits per heavy atom. The molecule has 1 unspecified atom stereocenters. The van der Waals surface area contributed by atoms with E-state index in [2.05, 4.69) is 22.3 Å². The number of carbonyl (C=O) groups is 3. The number of hydrogen-bond acceptors (Lipinski definition) is 5. The molecule has 2 aromatic rings.